The number of carbonyl (C=O) groups is 1. The average Bonchev–Trinajstić information content (AvgIpc) is 3.38. The number of pyridine rings is 1. The molecule has 3 heterocycles. The number of carbonyl (C=O) groups excluding carboxylic acids is 1. The van der Waals surface area contributed by atoms with Gasteiger partial charge in [0, 0.05) is 12.1 Å². The van der Waals surface area contributed by atoms with Crippen molar-refractivity contribution in [2.24, 2.45) is 0 Å². The monoisotopic (exact) mass is 420 g/mol. The fourth-order valence-electron chi connectivity index (χ4n) is 3.28. The Kier molecular flexibility index (Phi) is 5.66. The van der Waals surface area contributed by atoms with E-state index in [1.807, 2.05) is 38.1 Å². The lowest BCUT2D eigenvalue weighted by Crippen LogP contribution is -2.15. The first-order valence-electron chi connectivity index (χ1n) is 10.1. The molecule has 0 atom stereocenters. The standard InChI is InChI=1S/C22H24N6O3/c1-12(2)17-11-16(19-13(3)28-31-21(19)23-17)20(29)25-22-24-18(26-27-22)10-7-14-5-8-15(30-4)9-6-14/h5-6,8-9,11-12H,7,10H2,1-4H3,(H2,24,25,26,27,29). The molecular formula is C22H24N6O3. The summed E-state index contributed by atoms with van der Waals surface area (Å²) >= 11 is 0. The van der Waals surface area contributed by atoms with Crippen LogP contribution < -0.4 is 10.1 Å². The van der Waals surface area contributed by atoms with Crippen LogP contribution in [0.15, 0.2) is 34.9 Å². The third kappa shape index (κ3) is 4.40. The Morgan fingerprint density at radius 3 is 2.68 bits per heavy atom. The van der Waals surface area contributed by atoms with Crippen LogP contribution in [-0.4, -0.2) is 38.3 Å². The summed E-state index contributed by atoms with van der Waals surface area (Å²) in [5.41, 5.74) is 3.31. The fourth-order valence-corrected chi connectivity index (χ4v) is 3.28. The number of H-pyrrole nitrogens is 1. The highest BCUT2D eigenvalue weighted by Crippen LogP contribution is 2.25. The topological polar surface area (TPSA) is 119 Å². The molecule has 9 nitrogen and oxygen atoms in total. The predicted octanol–water partition coefficient (Wildman–Crippen LogP) is 3.82. The van der Waals surface area contributed by atoms with Gasteiger partial charge in [0.15, 0.2) is 0 Å². The van der Waals surface area contributed by atoms with Crippen LogP contribution in [0.1, 0.15) is 52.9 Å². The molecule has 9 heteroatoms. The smallest absolute Gasteiger partial charge is 0.259 e. The zero-order chi connectivity index (χ0) is 22.0. The van der Waals surface area contributed by atoms with Gasteiger partial charge in [-0.3, -0.25) is 15.2 Å². The van der Waals surface area contributed by atoms with Gasteiger partial charge in [-0.05, 0) is 43.0 Å². The molecule has 0 spiro atoms. The Morgan fingerprint density at radius 1 is 1.19 bits per heavy atom. The second-order valence-corrected chi connectivity index (χ2v) is 7.61. The number of amides is 1. The van der Waals surface area contributed by atoms with Crippen molar-refractivity contribution in [3.05, 3.63) is 58.7 Å². The molecule has 0 unspecified atom stereocenters. The lowest BCUT2D eigenvalue weighted by atomic mass is 10.0. The molecule has 160 valence electrons. The minimum atomic E-state index is -0.332. The summed E-state index contributed by atoms with van der Waals surface area (Å²) in [4.78, 5) is 21.8. The maximum Gasteiger partial charge on any atom is 0.259 e. The second kappa shape index (κ2) is 8.55. The molecule has 0 fully saturated rings. The van der Waals surface area contributed by atoms with Crippen molar-refractivity contribution >= 4 is 23.0 Å². The van der Waals surface area contributed by atoms with Gasteiger partial charge in [0.25, 0.3) is 11.6 Å². The third-order valence-electron chi connectivity index (χ3n) is 5.04. The zero-order valence-electron chi connectivity index (χ0n) is 17.9. The summed E-state index contributed by atoms with van der Waals surface area (Å²) in [7, 11) is 1.64. The van der Waals surface area contributed by atoms with Crippen molar-refractivity contribution in [2.45, 2.75) is 39.5 Å². The van der Waals surface area contributed by atoms with Gasteiger partial charge in [-0.1, -0.05) is 31.1 Å². The highest BCUT2D eigenvalue weighted by atomic mass is 16.5. The molecule has 0 aliphatic heterocycles. The molecule has 4 aromatic rings. The summed E-state index contributed by atoms with van der Waals surface area (Å²) < 4.78 is 10.5. The minimum Gasteiger partial charge on any atom is -0.497 e. The van der Waals surface area contributed by atoms with Crippen LogP contribution in [0.4, 0.5) is 5.95 Å². The number of hydrogen-bond acceptors (Lipinski definition) is 7. The number of fused-ring (bicyclic) bond motifs is 1. The molecule has 1 amide bonds. The van der Waals surface area contributed by atoms with Gasteiger partial charge in [-0.2, -0.15) is 4.98 Å². The Labute approximate surface area is 179 Å². The molecule has 0 saturated carbocycles. The molecule has 0 aliphatic carbocycles. The first kappa shape index (κ1) is 20.5. The van der Waals surface area contributed by atoms with Gasteiger partial charge in [0.2, 0.25) is 5.95 Å². The molecule has 3 aromatic heterocycles. The van der Waals surface area contributed by atoms with E-state index in [-0.39, 0.29) is 17.8 Å². The number of nitrogens with one attached hydrogen (secondary N) is 2. The van der Waals surface area contributed by atoms with E-state index in [9.17, 15) is 4.79 Å². The Hall–Kier alpha value is -3.75. The van der Waals surface area contributed by atoms with Crippen LogP contribution >= 0.6 is 0 Å². The molecule has 31 heavy (non-hydrogen) atoms. The number of nitrogens with zero attached hydrogens (tertiary/aromatic N) is 4. The normalized spacial score (nSPS) is 11.3. The van der Waals surface area contributed by atoms with E-state index in [1.54, 1.807) is 20.1 Å². The number of aromatic amines is 1. The summed E-state index contributed by atoms with van der Waals surface area (Å²) in [5, 5.41) is 14.3. The molecule has 0 aliphatic rings. The Morgan fingerprint density at radius 2 is 1.97 bits per heavy atom. The number of aromatic nitrogens is 5. The molecule has 1 aromatic carbocycles. The van der Waals surface area contributed by atoms with Crippen molar-refractivity contribution in [3.8, 4) is 5.75 Å². The van der Waals surface area contributed by atoms with E-state index >= 15 is 0 Å². The number of anilines is 1. The lowest BCUT2D eigenvalue weighted by molar-refractivity contribution is 0.102. The predicted molar refractivity (Wildman–Crippen MR) is 115 cm³/mol. The van der Waals surface area contributed by atoms with Crippen molar-refractivity contribution in [1.82, 2.24) is 25.3 Å². The zero-order valence-corrected chi connectivity index (χ0v) is 17.9. The number of benzene rings is 1. The van der Waals surface area contributed by atoms with E-state index in [1.165, 1.54) is 0 Å². The molecule has 0 radical (unpaired) electrons. The molecule has 0 bridgehead atoms. The average molecular weight is 420 g/mol. The highest BCUT2D eigenvalue weighted by Gasteiger charge is 2.20. The number of hydrogen-bond donors (Lipinski definition) is 2. The lowest BCUT2D eigenvalue weighted by Gasteiger charge is -2.08. The van der Waals surface area contributed by atoms with Crippen LogP contribution in [0.25, 0.3) is 11.1 Å². The van der Waals surface area contributed by atoms with Gasteiger partial charge in [-0.15, -0.1) is 5.10 Å². The Balaban J connectivity index is 1.48. The van der Waals surface area contributed by atoms with Gasteiger partial charge in [-0.25, -0.2) is 4.98 Å². The largest absolute Gasteiger partial charge is 0.497 e. The summed E-state index contributed by atoms with van der Waals surface area (Å²) in [6.45, 7) is 5.79. The Bertz CT molecular complexity index is 1210. The van der Waals surface area contributed by atoms with Crippen LogP contribution in [0.2, 0.25) is 0 Å². The molecular weight excluding hydrogens is 396 g/mol. The van der Waals surface area contributed by atoms with Crippen molar-refractivity contribution < 1.29 is 14.1 Å². The number of ether oxygens (including phenoxy) is 1. The van der Waals surface area contributed by atoms with Gasteiger partial charge in [0.1, 0.15) is 11.6 Å². The first-order valence-corrected chi connectivity index (χ1v) is 10.1. The van der Waals surface area contributed by atoms with Crippen LogP contribution in [0.5, 0.6) is 5.75 Å². The fraction of sp³-hybridized carbons (Fsp3) is 0.318. The van der Waals surface area contributed by atoms with Crippen molar-refractivity contribution in [3.63, 3.8) is 0 Å². The van der Waals surface area contributed by atoms with E-state index in [4.69, 9.17) is 9.26 Å². The maximum absolute atomic E-state index is 13.0. The van der Waals surface area contributed by atoms with E-state index in [0.717, 1.165) is 23.4 Å². The minimum absolute atomic E-state index is 0.134. The number of methoxy groups -OCH3 is 1. The van der Waals surface area contributed by atoms with E-state index < -0.39 is 0 Å². The van der Waals surface area contributed by atoms with Crippen LogP contribution in [0.3, 0.4) is 0 Å². The second-order valence-electron chi connectivity index (χ2n) is 7.61. The summed E-state index contributed by atoms with van der Waals surface area (Å²) in [5.74, 6) is 1.54. The van der Waals surface area contributed by atoms with Gasteiger partial charge < -0.3 is 9.26 Å². The molecule has 4 rings (SSSR count). The SMILES string of the molecule is COc1ccc(CCc2nc(NC(=O)c3cc(C(C)C)nc4onc(C)c34)n[nH]2)cc1. The van der Waals surface area contributed by atoms with Crippen molar-refractivity contribution in [1.29, 1.82) is 0 Å². The van der Waals surface area contributed by atoms with Crippen LogP contribution in [-0.2, 0) is 12.8 Å². The quantitative estimate of drug-likeness (QED) is 0.466. The van der Waals surface area contributed by atoms with E-state index in [0.29, 0.717) is 34.6 Å². The third-order valence-corrected chi connectivity index (χ3v) is 5.04. The highest BCUT2D eigenvalue weighted by molar-refractivity contribution is 6.11. The van der Waals surface area contributed by atoms with E-state index in [2.05, 4.69) is 30.6 Å². The molecule has 2 N–H and O–H groups in total. The van der Waals surface area contributed by atoms with Gasteiger partial charge >= 0.3 is 0 Å². The maximum atomic E-state index is 13.0. The number of rotatable bonds is 7. The summed E-state index contributed by atoms with van der Waals surface area (Å²) in [6.07, 6.45) is 1.45. The van der Waals surface area contributed by atoms with Gasteiger partial charge in [0.05, 0.1) is 23.8 Å². The van der Waals surface area contributed by atoms with Crippen LogP contribution in [0, 0.1) is 6.92 Å². The van der Waals surface area contributed by atoms with Crippen molar-refractivity contribution in [2.75, 3.05) is 12.4 Å². The number of aryl methyl sites for hydroxylation is 3. The summed E-state index contributed by atoms with van der Waals surface area (Å²) in [6, 6.07) is 9.65. The molecule has 0 saturated heterocycles. The first-order chi connectivity index (χ1) is 14.9.